The summed E-state index contributed by atoms with van der Waals surface area (Å²) in [6.45, 7) is 4.05. The predicted molar refractivity (Wildman–Crippen MR) is 125 cm³/mol. The first-order chi connectivity index (χ1) is 15.6. The number of fused-ring (bicyclic) bond motifs is 1. The molecule has 0 aliphatic carbocycles. The van der Waals surface area contributed by atoms with E-state index in [4.69, 9.17) is 9.47 Å². The first-order valence-electron chi connectivity index (χ1n) is 11.5. The number of ether oxygens (including phenoxy) is 2. The summed E-state index contributed by atoms with van der Waals surface area (Å²) in [5.41, 5.74) is 1.10. The van der Waals surface area contributed by atoms with Crippen molar-refractivity contribution in [3.8, 4) is 11.5 Å². The Balaban J connectivity index is 1.15. The van der Waals surface area contributed by atoms with E-state index in [-0.39, 0.29) is 24.0 Å². The number of methoxy groups -OCH3 is 2. The molecule has 3 saturated heterocycles. The van der Waals surface area contributed by atoms with Crippen LogP contribution in [0.1, 0.15) is 31.2 Å². The van der Waals surface area contributed by atoms with Gasteiger partial charge in [0.15, 0.2) is 0 Å². The van der Waals surface area contributed by atoms with Gasteiger partial charge in [0.05, 0.1) is 26.3 Å². The van der Waals surface area contributed by atoms with Gasteiger partial charge in [-0.25, -0.2) is 4.79 Å². The molecule has 9 heteroatoms. The number of carbonyl (C=O) groups is 2. The number of hydrogen-bond acceptors (Lipinski definition) is 6. The maximum Gasteiger partial charge on any atom is 0.315 e. The van der Waals surface area contributed by atoms with Gasteiger partial charge in [-0.05, 0) is 31.0 Å². The highest BCUT2D eigenvalue weighted by Crippen LogP contribution is 2.33. The second-order valence-electron chi connectivity index (χ2n) is 8.70. The van der Waals surface area contributed by atoms with Crippen molar-refractivity contribution >= 4 is 23.7 Å². The van der Waals surface area contributed by atoms with E-state index in [1.165, 1.54) is 0 Å². The number of carbonyl (C=O) groups excluding carboxylic acids is 2. The topological polar surface area (TPSA) is 83.1 Å². The fourth-order valence-electron chi connectivity index (χ4n) is 4.82. The number of nitrogens with zero attached hydrogens (tertiary/aromatic N) is 2. The maximum absolute atomic E-state index is 12.7. The second-order valence-corrected chi connectivity index (χ2v) is 9.97. The van der Waals surface area contributed by atoms with Crippen molar-refractivity contribution in [2.24, 2.45) is 0 Å². The minimum atomic E-state index is -0.0375. The molecule has 0 saturated carbocycles. The number of rotatable bonds is 9. The number of urea groups is 1. The van der Waals surface area contributed by atoms with Gasteiger partial charge in [-0.1, -0.05) is 6.42 Å². The Morgan fingerprint density at radius 1 is 1.12 bits per heavy atom. The van der Waals surface area contributed by atoms with Crippen molar-refractivity contribution in [2.45, 2.75) is 49.6 Å². The Morgan fingerprint density at radius 3 is 2.69 bits per heavy atom. The van der Waals surface area contributed by atoms with E-state index >= 15 is 0 Å². The first-order valence-corrected chi connectivity index (χ1v) is 12.5. The van der Waals surface area contributed by atoms with E-state index in [2.05, 4.69) is 15.5 Å². The molecule has 0 radical (unpaired) electrons. The van der Waals surface area contributed by atoms with Crippen LogP contribution in [0.4, 0.5) is 4.79 Å². The standard InChI is InChI=1S/C23H34N4O4S/c1-30-17-7-8-19(31-2)16(13-17)14-26-9-11-27(12-10-26)21(28)6-4-3-5-20-22-18(15-32-20)24-23(29)25-22/h7-8,13,18,20,22H,3-6,9-12,14-15H2,1-2H3,(H2,24,25,29)/t18-,20-,22-/m0/s1. The van der Waals surface area contributed by atoms with E-state index in [1.54, 1.807) is 14.2 Å². The molecule has 3 aliphatic rings. The van der Waals surface area contributed by atoms with Crippen LogP contribution in [-0.4, -0.2) is 85.2 Å². The van der Waals surface area contributed by atoms with Crippen LogP contribution in [0.3, 0.4) is 0 Å². The van der Waals surface area contributed by atoms with Crippen LogP contribution in [-0.2, 0) is 11.3 Å². The summed E-state index contributed by atoms with van der Waals surface area (Å²) in [7, 11) is 3.36. The van der Waals surface area contributed by atoms with Crippen LogP contribution < -0.4 is 20.1 Å². The number of piperazine rings is 1. The highest BCUT2D eigenvalue weighted by Gasteiger charge is 2.42. The van der Waals surface area contributed by atoms with Crippen LogP contribution >= 0.6 is 11.8 Å². The Labute approximate surface area is 194 Å². The molecule has 2 N–H and O–H groups in total. The molecule has 3 amide bonds. The number of amides is 3. The zero-order valence-corrected chi connectivity index (χ0v) is 19.8. The van der Waals surface area contributed by atoms with Gasteiger partial charge in [-0.3, -0.25) is 9.69 Å². The summed E-state index contributed by atoms with van der Waals surface area (Å²) in [6, 6.07) is 6.35. The Hall–Kier alpha value is -2.13. The number of thioether (sulfide) groups is 1. The lowest BCUT2D eigenvalue weighted by Gasteiger charge is -2.35. The molecule has 0 bridgehead atoms. The monoisotopic (exact) mass is 462 g/mol. The average molecular weight is 463 g/mol. The zero-order chi connectivity index (χ0) is 22.5. The maximum atomic E-state index is 12.7. The molecule has 0 spiro atoms. The van der Waals surface area contributed by atoms with Crippen LogP contribution in [0.5, 0.6) is 11.5 Å². The van der Waals surface area contributed by atoms with Crippen molar-refractivity contribution in [3.05, 3.63) is 23.8 Å². The van der Waals surface area contributed by atoms with Gasteiger partial charge in [-0.2, -0.15) is 11.8 Å². The Bertz CT molecular complexity index is 815. The smallest absolute Gasteiger partial charge is 0.315 e. The van der Waals surface area contributed by atoms with E-state index in [9.17, 15) is 9.59 Å². The lowest BCUT2D eigenvalue weighted by molar-refractivity contribution is -0.133. The fourth-order valence-corrected chi connectivity index (χ4v) is 6.37. The minimum absolute atomic E-state index is 0.0375. The second kappa shape index (κ2) is 10.7. The molecule has 3 atom stereocenters. The van der Waals surface area contributed by atoms with Crippen LogP contribution in [0.25, 0.3) is 0 Å². The van der Waals surface area contributed by atoms with E-state index in [0.29, 0.717) is 11.7 Å². The molecule has 0 aromatic heterocycles. The zero-order valence-electron chi connectivity index (χ0n) is 19.0. The van der Waals surface area contributed by atoms with Crippen LogP contribution in [0.15, 0.2) is 18.2 Å². The Morgan fingerprint density at radius 2 is 1.94 bits per heavy atom. The van der Waals surface area contributed by atoms with Crippen molar-refractivity contribution in [2.75, 3.05) is 46.2 Å². The molecule has 32 heavy (non-hydrogen) atoms. The van der Waals surface area contributed by atoms with Gasteiger partial charge in [0, 0.05) is 55.7 Å². The van der Waals surface area contributed by atoms with Crippen molar-refractivity contribution in [1.82, 2.24) is 20.4 Å². The van der Waals surface area contributed by atoms with Gasteiger partial charge < -0.3 is 25.0 Å². The molecule has 1 aromatic rings. The molecule has 176 valence electrons. The first kappa shape index (κ1) is 23.0. The summed E-state index contributed by atoms with van der Waals surface area (Å²) in [5, 5.41) is 6.48. The minimum Gasteiger partial charge on any atom is -0.497 e. The summed E-state index contributed by atoms with van der Waals surface area (Å²) in [6.07, 6.45) is 3.60. The van der Waals surface area contributed by atoms with Gasteiger partial charge >= 0.3 is 6.03 Å². The highest BCUT2D eigenvalue weighted by atomic mass is 32.2. The summed E-state index contributed by atoms with van der Waals surface area (Å²) in [5.74, 6) is 2.94. The summed E-state index contributed by atoms with van der Waals surface area (Å²) in [4.78, 5) is 28.5. The molecule has 4 rings (SSSR count). The third kappa shape index (κ3) is 5.43. The predicted octanol–water partition coefficient (Wildman–Crippen LogP) is 2.07. The van der Waals surface area contributed by atoms with Crippen LogP contribution in [0.2, 0.25) is 0 Å². The molecule has 3 fully saturated rings. The Kier molecular flexibility index (Phi) is 7.67. The van der Waals surface area contributed by atoms with E-state index in [0.717, 1.165) is 74.8 Å². The average Bonchev–Trinajstić information content (AvgIpc) is 3.36. The lowest BCUT2D eigenvalue weighted by Crippen LogP contribution is -2.48. The largest absolute Gasteiger partial charge is 0.497 e. The van der Waals surface area contributed by atoms with Gasteiger partial charge in [0.2, 0.25) is 5.91 Å². The van der Waals surface area contributed by atoms with Crippen molar-refractivity contribution in [1.29, 1.82) is 0 Å². The third-order valence-electron chi connectivity index (χ3n) is 6.67. The molecular formula is C23H34N4O4S. The van der Waals surface area contributed by atoms with Crippen molar-refractivity contribution < 1.29 is 19.1 Å². The third-order valence-corrected chi connectivity index (χ3v) is 8.18. The van der Waals surface area contributed by atoms with Gasteiger partial charge in [0.1, 0.15) is 11.5 Å². The molecule has 3 aliphatic heterocycles. The lowest BCUT2D eigenvalue weighted by atomic mass is 10.0. The van der Waals surface area contributed by atoms with Crippen molar-refractivity contribution in [3.63, 3.8) is 0 Å². The van der Waals surface area contributed by atoms with E-state index < -0.39 is 0 Å². The quantitative estimate of drug-likeness (QED) is 0.432. The SMILES string of the molecule is COc1ccc(OC)c(CN2CCN(C(=O)CCCC[C@@H]3SC[C@@H]4NC(=O)N[C@@H]43)CC2)c1. The normalized spacial score (nSPS) is 25.2. The number of unbranched alkanes of at least 4 members (excludes halogenated alkanes) is 1. The molecule has 8 nitrogen and oxygen atoms in total. The highest BCUT2D eigenvalue weighted by molar-refractivity contribution is 8.00. The van der Waals surface area contributed by atoms with E-state index in [1.807, 2.05) is 34.9 Å². The number of hydrogen-bond donors (Lipinski definition) is 2. The number of nitrogens with one attached hydrogen (secondary N) is 2. The summed E-state index contributed by atoms with van der Waals surface area (Å²) >= 11 is 1.93. The molecule has 0 unspecified atom stereocenters. The molecule has 1 aromatic carbocycles. The molecular weight excluding hydrogens is 428 g/mol. The van der Waals surface area contributed by atoms with Crippen LogP contribution in [0, 0.1) is 0 Å². The fraction of sp³-hybridized carbons (Fsp3) is 0.652. The number of benzene rings is 1. The van der Waals surface area contributed by atoms with Gasteiger partial charge in [0.25, 0.3) is 0 Å². The van der Waals surface area contributed by atoms with Gasteiger partial charge in [-0.15, -0.1) is 0 Å². The molecule has 3 heterocycles. The summed E-state index contributed by atoms with van der Waals surface area (Å²) < 4.78 is 10.8.